The molecule has 1 unspecified atom stereocenters. The van der Waals surface area contributed by atoms with E-state index in [9.17, 15) is 5.11 Å². The largest absolute Gasteiger partial charge is 0.494 e. The number of anilines is 1. The highest BCUT2D eigenvalue weighted by Crippen LogP contribution is 2.42. The van der Waals surface area contributed by atoms with E-state index in [0.717, 1.165) is 34.7 Å². The summed E-state index contributed by atoms with van der Waals surface area (Å²) in [4.78, 5) is 0. The lowest BCUT2D eigenvalue weighted by Gasteiger charge is -2.18. The van der Waals surface area contributed by atoms with E-state index in [2.05, 4.69) is 15.5 Å². The van der Waals surface area contributed by atoms with Gasteiger partial charge in [0.1, 0.15) is 5.75 Å². The van der Waals surface area contributed by atoms with Gasteiger partial charge >= 0.3 is 0 Å². The Bertz CT molecular complexity index is 1000. The van der Waals surface area contributed by atoms with Gasteiger partial charge in [0, 0.05) is 42.3 Å². The summed E-state index contributed by atoms with van der Waals surface area (Å²) in [6, 6.07) is 11.7. The maximum absolute atomic E-state index is 10.5. The van der Waals surface area contributed by atoms with Gasteiger partial charge in [-0.1, -0.05) is 6.07 Å². The molecule has 0 radical (unpaired) electrons. The van der Waals surface area contributed by atoms with Crippen LogP contribution in [0.4, 0.5) is 5.69 Å². The van der Waals surface area contributed by atoms with Crippen LogP contribution in [0.5, 0.6) is 17.2 Å². The van der Waals surface area contributed by atoms with Crippen molar-refractivity contribution in [2.45, 2.75) is 33.0 Å². The molecule has 2 aromatic carbocycles. The molecule has 1 atom stereocenters. The summed E-state index contributed by atoms with van der Waals surface area (Å²) in [5.74, 6) is 1.99. The number of aliphatic hydroxyl groups excluding tert-OH is 1. The summed E-state index contributed by atoms with van der Waals surface area (Å²) in [6.07, 6.45) is 2.11. The number of rotatable bonds is 10. The topological polar surface area (TPSA) is 88.6 Å². The van der Waals surface area contributed by atoms with Gasteiger partial charge in [0.05, 0.1) is 25.1 Å². The zero-order valence-corrected chi connectivity index (χ0v) is 17.3. The van der Waals surface area contributed by atoms with Crippen LogP contribution in [0.3, 0.4) is 0 Å². The van der Waals surface area contributed by atoms with Crippen molar-refractivity contribution in [1.82, 2.24) is 10.2 Å². The maximum atomic E-state index is 10.5. The molecule has 0 fully saturated rings. The Kier molecular flexibility index (Phi) is 6.09. The van der Waals surface area contributed by atoms with Crippen molar-refractivity contribution >= 4 is 5.69 Å². The number of ether oxygens (including phenoxy) is 3. The highest BCUT2D eigenvalue weighted by molar-refractivity contribution is 5.76. The summed E-state index contributed by atoms with van der Waals surface area (Å²) < 4.78 is 17.1. The Morgan fingerprint density at radius 1 is 1.10 bits per heavy atom. The molecule has 1 aromatic heterocycles. The van der Waals surface area contributed by atoms with E-state index in [1.54, 1.807) is 0 Å². The molecule has 1 aliphatic rings. The first kappa shape index (κ1) is 20.1. The Labute approximate surface area is 176 Å². The predicted octanol–water partition coefficient (Wildman–Crippen LogP) is 3.98. The number of aliphatic hydroxyl groups is 1. The minimum absolute atomic E-state index is 0.414. The van der Waals surface area contributed by atoms with Gasteiger partial charge in [-0.2, -0.15) is 5.10 Å². The Hall–Kier alpha value is -3.19. The van der Waals surface area contributed by atoms with Crippen LogP contribution in [0, 0.1) is 0 Å². The highest BCUT2D eigenvalue weighted by Gasteiger charge is 2.24. The highest BCUT2D eigenvalue weighted by atomic mass is 16.6. The first-order valence-corrected chi connectivity index (χ1v) is 10.3. The Morgan fingerprint density at radius 3 is 2.80 bits per heavy atom. The van der Waals surface area contributed by atoms with Crippen molar-refractivity contribution in [2.24, 2.45) is 0 Å². The zero-order chi connectivity index (χ0) is 20.9. The van der Waals surface area contributed by atoms with E-state index in [0.29, 0.717) is 37.7 Å². The summed E-state index contributed by atoms with van der Waals surface area (Å²) in [5.41, 5.74) is 5.30. The lowest BCUT2D eigenvalue weighted by molar-refractivity contribution is -0.0219. The average molecular weight is 409 g/mol. The maximum Gasteiger partial charge on any atom is 0.199 e. The first-order valence-electron chi connectivity index (χ1n) is 10.3. The summed E-state index contributed by atoms with van der Waals surface area (Å²) in [5, 5.41) is 20.9. The van der Waals surface area contributed by atoms with Crippen LogP contribution >= 0.6 is 0 Å². The molecule has 4 rings (SSSR count). The molecule has 3 N–H and O–H groups in total. The summed E-state index contributed by atoms with van der Waals surface area (Å²) in [7, 11) is 0. The predicted molar refractivity (Wildman–Crippen MR) is 115 cm³/mol. The number of fused-ring (bicyclic) bond motifs is 3. The number of benzene rings is 2. The molecule has 1 heterocycles. The zero-order valence-electron chi connectivity index (χ0n) is 17.3. The molecule has 0 amide bonds. The molecule has 0 spiro atoms. The van der Waals surface area contributed by atoms with Gasteiger partial charge in [-0.05, 0) is 43.7 Å². The lowest BCUT2D eigenvalue weighted by Crippen LogP contribution is -2.20. The number of hydrogen-bond donors (Lipinski definition) is 3. The number of H-pyrrole nitrogens is 1. The molecule has 0 bridgehead atoms. The quantitative estimate of drug-likeness (QED) is 0.344. The molecular weight excluding hydrogens is 382 g/mol. The van der Waals surface area contributed by atoms with Crippen molar-refractivity contribution in [1.29, 1.82) is 0 Å². The first-order chi connectivity index (χ1) is 14.7. The number of nitrogens with one attached hydrogen (secondary N) is 2. The molecule has 0 saturated carbocycles. The fourth-order valence-corrected chi connectivity index (χ4v) is 3.63. The van der Waals surface area contributed by atoms with Crippen molar-refractivity contribution in [2.75, 3.05) is 25.1 Å². The van der Waals surface area contributed by atoms with Gasteiger partial charge in [0.25, 0.3) is 0 Å². The number of aromatic amines is 1. The normalized spacial score (nSPS) is 12.8. The third kappa shape index (κ3) is 4.36. The molecule has 0 saturated heterocycles. The smallest absolute Gasteiger partial charge is 0.199 e. The standard InChI is InChI=1S/C23H27N3O4/c1-3-28-18-7-5-6-17(12-18)24-9-8-22(27)30-21-13-19-15(11-20(21)29-4-2)10-16-14-25-26-23(16)19/h5-7,11-14,22,24,27H,3-4,8-10H2,1-2H3,(H,25,26). The summed E-state index contributed by atoms with van der Waals surface area (Å²) >= 11 is 0. The second-order valence-electron chi connectivity index (χ2n) is 7.08. The van der Waals surface area contributed by atoms with Crippen LogP contribution in [0.15, 0.2) is 42.6 Å². The van der Waals surface area contributed by atoms with E-state index in [1.165, 1.54) is 5.56 Å². The van der Waals surface area contributed by atoms with Gasteiger partial charge in [0.15, 0.2) is 17.8 Å². The molecule has 1 aliphatic carbocycles. The van der Waals surface area contributed by atoms with Crippen molar-refractivity contribution < 1.29 is 19.3 Å². The van der Waals surface area contributed by atoms with Gasteiger partial charge in [-0.3, -0.25) is 5.10 Å². The van der Waals surface area contributed by atoms with Crippen molar-refractivity contribution in [3.63, 3.8) is 0 Å². The second-order valence-corrected chi connectivity index (χ2v) is 7.08. The van der Waals surface area contributed by atoms with E-state index in [4.69, 9.17) is 14.2 Å². The van der Waals surface area contributed by atoms with Crippen molar-refractivity contribution in [3.05, 3.63) is 53.7 Å². The van der Waals surface area contributed by atoms with Crippen LogP contribution < -0.4 is 19.5 Å². The molecular formula is C23H27N3O4. The Balaban J connectivity index is 1.40. The third-order valence-corrected chi connectivity index (χ3v) is 4.97. The van der Waals surface area contributed by atoms with Crippen LogP contribution in [-0.2, 0) is 6.42 Å². The molecule has 0 aliphatic heterocycles. The Morgan fingerprint density at radius 2 is 1.97 bits per heavy atom. The average Bonchev–Trinajstić information content (AvgIpc) is 3.31. The van der Waals surface area contributed by atoms with Crippen molar-refractivity contribution in [3.8, 4) is 28.5 Å². The minimum Gasteiger partial charge on any atom is -0.494 e. The van der Waals surface area contributed by atoms with E-state index >= 15 is 0 Å². The fourth-order valence-electron chi connectivity index (χ4n) is 3.63. The molecule has 3 aromatic rings. The monoisotopic (exact) mass is 409 g/mol. The fraction of sp³-hybridized carbons (Fsp3) is 0.348. The summed E-state index contributed by atoms with van der Waals surface area (Å²) in [6.45, 7) is 5.59. The van der Waals surface area contributed by atoms with Gasteiger partial charge in [-0.25, -0.2) is 0 Å². The number of nitrogens with zero attached hydrogens (tertiary/aromatic N) is 1. The minimum atomic E-state index is -0.965. The van der Waals surface area contributed by atoms with Crippen LogP contribution in [0.2, 0.25) is 0 Å². The van der Waals surface area contributed by atoms with Gasteiger partial charge < -0.3 is 24.6 Å². The lowest BCUT2D eigenvalue weighted by atomic mass is 10.1. The van der Waals surface area contributed by atoms with E-state index in [-0.39, 0.29) is 0 Å². The molecule has 30 heavy (non-hydrogen) atoms. The SMILES string of the molecule is CCOc1cccc(NCCC(O)Oc2cc3c(cc2OCC)Cc2cn[nH]c2-3)c1. The third-order valence-electron chi connectivity index (χ3n) is 4.97. The molecule has 158 valence electrons. The van der Waals surface area contributed by atoms with E-state index < -0.39 is 6.29 Å². The molecule has 7 heteroatoms. The van der Waals surface area contributed by atoms with Gasteiger partial charge in [0.2, 0.25) is 0 Å². The number of hydrogen-bond acceptors (Lipinski definition) is 6. The molecule has 7 nitrogen and oxygen atoms in total. The van der Waals surface area contributed by atoms with E-state index in [1.807, 2.05) is 56.4 Å². The van der Waals surface area contributed by atoms with Crippen LogP contribution in [0.1, 0.15) is 31.4 Å². The van der Waals surface area contributed by atoms with Gasteiger partial charge in [-0.15, -0.1) is 0 Å². The number of aromatic nitrogens is 2. The second kappa shape index (κ2) is 9.09. The van der Waals surface area contributed by atoms with Crippen LogP contribution in [-0.4, -0.2) is 41.4 Å². The van der Waals surface area contributed by atoms with Crippen LogP contribution in [0.25, 0.3) is 11.3 Å².